The van der Waals surface area contributed by atoms with E-state index < -0.39 is 0 Å². The maximum atomic E-state index is 11.1. The van der Waals surface area contributed by atoms with E-state index in [1.54, 1.807) is 0 Å². The van der Waals surface area contributed by atoms with Gasteiger partial charge in [0.15, 0.2) is 5.96 Å². The molecule has 2 aromatic rings. The van der Waals surface area contributed by atoms with Gasteiger partial charge in [-0.05, 0) is 43.7 Å². The van der Waals surface area contributed by atoms with Gasteiger partial charge in [-0.3, -0.25) is 9.79 Å². The number of carbonyl (C=O) groups excluding carboxylic acids is 1. The number of rotatable bonds is 10. The second-order valence-electron chi connectivity index (χ2n) is 6.14. The van der Waals surface area contributed by atoms with Crippen LogP contribution in [0.15, 0.2) is 41.5 Å². The van der Waals surface area contributed by atoms with E-state index in [1.807, 2.05) is 0 Å². The number of fused-ring (bicyclic) bond motifs is 1. The summed E-state index contributed by atoms with van der Waals surface area (Å²) in [7, 11) is 1.42. The third-order valence-electron chi connectivity index (χ3n) is 4.18. The topological polar surface area (TPSA) is 67.7 Å². The van der Waals surface area contributed by atoms with Gasteiger partial charge in [0.25, 0.3) is 0 Å². The fourth-order valence-electron chi connectivity index (χ4n) is 2.81. The quantitative estimate of drug-likeness (QED) is 0.177. The van der Waals surface area contributed by atoms with Crippen molar-refractivity contribution in [2.24, 2.45) is 4.99 Å². The van der Waals surface area contributed by atoms with E-state index in [-0.39, 0.29) is 29.9 Å². The summed E-state index contributed by atoms with van der Waals surface area (Å²) in [5.74, 6) is 0.686. The van der Waals surface area contributed by atoms with Gasteiger partial charge in [0.2, 0.25) is 0 Å². The van der Waals surface area contributed by atoms with Gasteiger partial charge in [-0.25, -0.2) is 0 Å². The average Bonchev–Trinajstić information content (AvgIpc) is 3.07. The number of methoxy groups -OCH3 is 1. The molecule has 0 spiro atoms. The lowest BCUT2D eigenvalue weighted by molar-refractivity contribution is -0.140. The minimum atomic E-state index is -0.150. The molecule has 0 radical (unpaired) electrons. The van der Waals surface area contributed by atoms with E-state index in [0.29, 0.717) is 6.42 Å². The van der Waals surface area contributed by atoms with Gasteiger partial charge in [-0.15, -0.1) is 24.0 Å². The molecule has 6 nitrogen and oxygen atoms in total. The molecule has 0 bridgehead atoms. The first-order chi connectivity index (χ1) is 12.7. The van der Waals surface area contributed by atoms with Crippen LogP contribution in [0, 0.1) is 0 Å². The minimum Gasteiger partial charge on any atom is -0.469 e. The first-order valence-electron chi connectivity index (χ1n) is 9.37. The van der Waals surface area contributed by atoms with Crippen molar-refractivity contribution in [2.45, 2.75) is 39.2 Å². The molecule has 0 unspecified atom stereocenters. The molecule has 2 rings (SSSR count). The number of aromatic nitrogens is 1. The van der Waals surface area contributed by atoms with Crippen LogP contribution in [0.1, 0.15) is 32.6 Å². The third kappa shape index (κ3) is 8.19. The van der Waals surface area contributed by atoms with E-state index in [9.17, 15) is 4.79 Å². The molecule has 0 saturated heterocycles. The number of esters is 1. The van der Waals surface area contributed by atoms with Crippen molar-refractivity contribution < 1.29 is 9.53 Å². The van der Waals surface area contributed by atoms with Gasteiger partial charge in [-0.1, -0.05) is 18.2 Å². The summed E-state index contributed by atoms with van der Waals surface area (Å²) in [6.07, 6.45) is 5.32. The number of aliphatic imine (C=N–C) groups is 1. The molecule has 27 heavy (non-hydrogen) atoms. The zero-order valence-electron chi connectivity index (χ0n) is 16.2. The van der Waals surface area contributed by atoms with Gasteiger partial charge < -0.3 is 19.9 Å². The number of nitrogens with one attached hydrogen (secondary N) is 2. The standard InChI is InChI=1S/C20H30N4O2.HI/c1-3-21-20(22-13-7-6-11-19(25)26-2)23-14-8-15-24-16-12-17-9-4-5-10-18(17)24;/h4-5,9-10,12,16H,3,6-8,11,13-15H2,1-2H3,(H2,21,22,23);1H. The van der Waals surface area contributed by atoms with Gasteiger partial charge in [0, 0.05) is 44.3 Å². The number of benzene rings is 1. The van der Waals surface area contributed by atoms with E-state index >= 15 is 0 Å². The zero-order valence-corrected chi connectivity index (χ0v) is 18.6. The van der Waals surface area contributed by atoms with E-state index in [2.05, 4.69) is 68.4 Å². The van der Waals surface area contributed by atoms with Crippen LogP contribution in [-0.2, 0) is 16.1 Å². The molecule has 0 aliphatic rings. The summed E-state index contributed by atoms with van der Waals surface area (Å²) in [5.41, 5.74) is 1.27. The van der Waals surface area contributed by atoms with Crippen molar-refractivity contribution in [3.63, 3.8) is 0 Å². The molecule has 0 saturated carbocycles. The molecule has 0 atom stereocenters. The number of aryl methyl sites for hydroxylation is 1. The number of hydrogen-bond donors (Lipinski definition) is 2. The third-order valence-corrected chi connectivity index (χ3v) is 4.18. The Hall–Kier alpha value is -1.77. The maximum absolute atomic E-state index is 11.1. The number of unbranched alkanes of at least 4 members (excludes halogenated alkanes) is 1. The van der Waals surface area contributed by atoms with Crippen LogP contribution in [0.25, 0.3) is 10.9 Å². The van der Waals surface area contributed by atoms with Crippen LogP contribution in [0.5, 0.6) is 0 Å². The summed E-state index contributed by atoms with van der Waals surface area (Å²) in [6, 6.07) is 10.6. The number of guanidine groups is 1. The average molecular weight is 486 g/mol. The van der Waals surface area contributed by atoms with Crippen LogP contribution >= 0.6 is 24.0 Å². The summed E-state index contributed by atoms with van der Waals surface area (Å²) >= 11 is 0. The van der Waals surface area contributed by atoms with Crippen LogP contribution < -0.4 is 10.6 Å². The first kappa shape index (κ1) is 23.3. The summed E-state index contributed by atoms with van der Waals surface area (Å²) in [5, 5.41) is 7.85. The summed E-state index contributed by atoms with van der Waals surface area (Å²) in [6.45, 7) is 5.40. The SMILES string of the molecule is CCNC(=NCCCn1ccc2ccccc21)NCCCCC(=O)OC.I. The lowest BCUT2D eigenvalue weighted by Crippen LogP contribution is -2.37. The molecule has 1 aromatic heterocycles. The summed E-state index contributed by atoms with van der Waals surface area (Å²) < 4.78 is 6.92. The molecule has 0 fully saturated rings. The first-order valence-corrected chi connectivity index (χ1v) is 9.37. The Labute approximate surface area is 178 Å². The van der Waals surface area contributed by atoms with Crippen molar-refractivity contribution in [1.29, 1.82) is 0 Å². The smallest absolute Gasteiger partial charge is 0.305 e. The number of carbonyl (C=O) groups is 1. The second-order valence-corrected chi connectivity index (χ2v) is 6.14. The summed E-state index contributed by atoms with van der Waals surface area (Å²) in [4.78, 5) is 15.7. The van der Waals surface area contributed by atoms with E-state index in [0.717, 1.165) is 51.4 Å². The van der Waals surface area contributed by atoms with E-state index in [4.69, 9.17) is 0 Å². The fraction of sp³-hybridized carbons (Fsp3) is 0.500. The molecule has 1 aromatic carbocycles. The molecular weight excluding hydrogens is 455 g/mol. The van der Waals surface area contributed by atoms with Crippen molar-refractivity contribution in [3.05, 3.63) is 36.5 Å². The maximum Gasteiger partial charge on any atom is 0.305 e. The van der Waals surface area contributed by atoms with Gasteiger partial charge in [0.05, 0.1) is 7.11 Å². The Morgan fingerprint density at radius 1 is 1.15 bits per heavy atom. The second kappa shape index (κ2) is 13.4. The lowest BCUT2D eigenvalue weighted by atomic mass is 10.2. The predicted molar refractivity (Wildman–Crippen MR) is 122 cm³/mol. The zero-order chi connectivity index (χ0) is 18.6. The Balaban J connectivity index is 0.00000364. The predicted octanol–water partition coefficient (Wildman–Crippen LogP) is 3.55. The number of nitrogens with zero attached hydrogens (tertiary/aromatic N) is 2. The van der Waals surface area contributed by atoms with Crippen LogP contribution in [-0.4, -0.2) is 43.2 Å². The molecular formula is C20H31IN4O2. The molecule has 7 heteroatoms. The highest BCUT2D eigenvalue weighted by Gasteiger charge is 2.02. The molecule has 150 valence electrons. The molecule has 0 amide bonds. The van der Waals surface area contributed by atoms with Crippen LogP contribution in [0.2, 0.25) is 0 Å². The molecule has 2 N–H and O–H groups in total. The molecule has 0 aliphatic heterocycles. The van der Waals surface area contributed by atoms with Crippen LogP contribution in [0.4, 0.5) is 0 Å². The van der Waals surface area contributed by atoms with Gasteiger partial charge in [0.1, 0.15) is 0 Å². The Bertz CT molecular complexity index is 715. The highest BCUT2D eigenvalue weighted by Crippen LogP contribution is 2.15. The minimum absolute atomic E-state index is 0. The Morgan fingerprint density at radius 2 is 1.96 bits per heavy atom. The number of para-hydroxylation sites is 1. The Kier molecular flexibility index (Phi) is 11.6. The molecule has 0 aliphatic carbocycles. The van der Waals surface area contributed by atoms with Crippen molar-refractivity contribution in [3.8, 4) is 0 Å². The number of ether oxygens (including phenoxy) is 1. The van der Waals surface area contributed by atoms with E-state index in [1.165, 1.54) is 18.0 Å². The van der Waals surface area contributed by atoms with Gasteiger partial charge >= 0.3 is 5.97 Å². The molecule has 1 heterocycles. The fourth-order valence-corrected chi connectivity index (χ4v) is 2.81. The van der Waals surface area contributed by atoms with Crippen LogP contribution in [0.3, 0.4) is 0 Å². The van der Waals surface area contributed by atoms with Crippen molar-refractivity contribution in [1.82, 2.24) is 15.2 Å². The lowest BCUT2D eigenvalue weighted by Gasteiger charge is -2.11. The monoisotopic (exact) mass is 486 g/mol. The number of hydrogen-bond acceptors (Lipinski definition) is 3. The van der Waals surface area contributed by atoms with Crippen molar-refractivity contribution in [2.75, 3.05) is 26.7 Å². The highest BCUT2D eigenvalue weighted by atomic mass is 127. The van der Waals surface area contributed by atoms with Crippen molar-refractivity contribution >= 4 is 46.8 Å². The Morgan fingerprint density at radius 3 is 2.74 bits per heavy atom. The normalized spacial score (nSPS) is 11.1. The largest absolute Gasteiger partial charge is 0.469 e. The number of halogens is 1. The highest BCUT2D eigenvalue weighted by molar-refractivity contribution is 14.0. The van der Waals surface area contributed by atoms with Gasteiger partial charge in [-0.2, -0.15) is 0 Å².